The molecule has 1 aliphatic rings. The fourth-order valence-corrected chi connectivity index (χ4v) is 1.56. The van der Waals surface area contributed by atoms with Gasteiger partial charge in [0.15, 0.2) is 0 Å². The molecule has 0 aliphatic heterocycles. The monoisotopic (exact) mass is 202 g/mol. The van der Waals surface area contributed by atoms with Crippen LogP contribution in [-0.2, 0) is 11.4 Å². The molecule has 0 amide bonds. The molecule has 2 nitrogen and oxygen atoms in total. The highest BCUT2D eigenvalue weighted by Crippen LogP contribution is 2.24. The summed E-state index contributed by atoms with van der Waals surface area (Å²) in [5.41, 5.74) is 2.41. The molecule has 1 aromatic rings. The SMILES string of the molecule is Cc1cccc(CO/N=[C]\C2CCC2)c1. The van der Waals surface area contributed by atoms with Gasteiger partial charge in [-0.05, 0) is 25.3 Å². The zero-order valence-electron chi connectivity index (χ0n) is 9.07. The first-order chi connectivity index (χ1) is 7.34. The van der Waals surface area contributed by atoms with E-state index >= 15 is 0 Å². The second-order valence-corrected chi connectivity index (χ2v) is 4.11. The molecule has 15 heavy (non-hydrogen) atoms. The van der Waals surface area contributed by atoms with Gasteiger partial charge in [-0.15, -0.1) is 0 Å². The number of aryl methyl sites for hydroxylation is 1. The molecule has 1 aromatic carbocycles. The Bertz CT molecular complexity index is 342. The van der Waals surface area contributed by atoms with Crippen LogP contribution in [0.1, 0.15) is 30.4 Å². The fraction of sp³-hybridized carbons (Fsp3) is 0.462. The Morgan fingerprint density at radius 1 is 1.47 bits per heavy atom. The Morgan fingerprint density at radius 3 is 3.00 bits per heavy atom. The van der Waals surface area contributed by atoms with E-state index in [4.69, 9.17) is 4.84 Å². The Labute approximate surface area is 90.9 Å². The van der Waals surface area contributed by atoms with Crippen LogP contribution in [0, 0.1) is 12.8 Å². The van der Waals surface area contributed by atoms with Crippen LogP contribution in [-0.4, -0.2) is 6.21 Å². The Kier molecular flexibility index (Phi) is 3.38. The van der Waals surface area contributed by atoms with Crippen LogP contribution in [0.4, 0.5) is 0 Å². The Balaban J connectivity index is 1.75. The molecule has 0 saturated heterocycles. The molecule has 0 unspecified atom stereocenters. The first-order valence-electron chi connectivity index (χ1n) is 5.47. The average Bonchev–Trinajstić information content (AvgIpc) is 2.15. The van der Waals surface area contributed by atoms with E-state index in [0.717, 1.165) is 5.56 Å². The number of benzene rings is 1. The maximum Gasteiger partial charge on any atom is 0.142 e. The molecule has 0 bridgehead atoms. The predicted octanol–water partition coefficient (Wildman–Crippen LogP) is 3.17. The van der Waals surface area contributed by atoms with Crippen molar-refractivity contribution in [1.82, 2.24) is 0 Å². The van der Waals surface area contributed by atoms with Crippen LogP contribution in [0.25, 0.3) is 0 Å². The summed E-state index contributed by atoms with van der Waals surface area (Å²) < 4.78 is 0. The van der Waals surface area contributed by atoms with E-state index in [-0.39, 0.29) is 0 Å². The molecule has 79 valence electrons. The molecule has 1 radical (unpaired) electrons. The van der Waals surface area contributed by atoms with Crippen molar-refractivity contribution in [2.75, 3.05) is 0 Å². The Hall–Kier alpha value is -1.31. The topological polar surface area (TPSA) is 21.6 Å². The summed E-state index contributed by atoms with van der Waals surface area (Å²) in [6, 6.07) is 8.27. The van der Waals surface area contributed by atoms with Gasteiger partial charge >= 0.3 is 0 Å². The summed E-state index contributed by atoms with van der Waals surface area (Å²) in [6.07, 6.45) is 6.76. The number of hydrogen-bond donors (Lipinski definition) is 0. The van der Waals surface area contributed by atoms with Gasteiger partial charge in [0.25, 0.3) is 0 Å². The van der Waals surface area contributed by atoms with Gasteiger partial charge in [-0.3, -0.25) is 0 Å². The van der Waals surface area contributed by atoms with Crippen molar-refractivity contribution >= 4 is 6.21 Å². The lowest BCUT2D eigenvalue weighted by molar-refractivity contribution is 0.129. The molecule has 1 fully saturated rings. The minimum atomic E-state index is 0.543. The maximum atomic E-state index is 5.19. The van der Waals surface area contributed by atoms with E-state index < -0.39 is 0 Å². The lowest BCUT2D eigenvalue weighted by Gasteiger charge is -2.18. The van der Waals surface area contributed by atoms with Crippen LogP contribution < -0.4 is 0 Å². The van der Waals surface area contributed by atoms with Gasteiger partial charge in [-0.2, -0.15) is 0 Å². The van der Waals surface area contributed by atoms with Crippen LogP contribution in [0.15, 0.2) is 29.4 Å². The van der Waals surface area contributed by atoms with E-state index in [1.165, 1.54) is 24.8 Å². The van der Waals surface area contributed by atoms with Crippen molar-refractivity contribution in [2.24, 2.45) is 11.1 Å². The lowest BCUT2D eigenvalue weighted by Crippen LogP contribution is -2.11. The van der Waals surface area contributed by atoms with Crippen LogP contribution in [0.3, 0.4) is 0 Å². The van der Waals surface area contributed by atoms with Gasteiger partial charge in [0.2, 0.25) is 0 Å². The molecule has 1 aliphatic carbocycles. The van der Waals surface area contributed by atoms with Gasteiger partial charge in [0.05, 0.1) is 0 Å². The van der Waals surface area contributed by atoms with Gasteiger partial charge < -0.3 is 4.84 Å². The number of hydrogen-bond acceptors (Lipinski definition) is 2. The van der Waals surface area contributed by atoms with Crippen LogP contribution in [0.5, 0.6) is 0 Å². The Morgan fingerprint density at radius 2 is 2.33 bits per heavy atom. The summed E-state index contributed by atoms with van der Waals surface area (Å²) >= 11 is 0. The first-order valence-corrected chi connectivity index (χ1v) is 5.47. The standard InChI is InChI=1S/C13H16NO/c1-11-4-2-7-13(8-11)10-15-14-9-12-5-3-6-12/h2,4,7-8,12H,3,5-6,10H2,1H3. The molecule has 0 spiro atoms. The largest absolute Gasteiger partial charge is 0.391 e. The van der Waals surface area contributed by atoms with E-state index in [2.05, 4.69) is 30.4 Å². The summed E-state index contributed by atoms with van der Waals surface area (Å²) in [5, 5.41) is 3.87. The third-order valence-electron chi connectivity index (χ3n) is 2.72. The molecule has 2 rings (SSSR count). The molecule has 0 atom stereocenters. The number of rotatable bonds is 4. The highest BCUT2D eigenvalue weighted by molar-refractivity contribution is 5.60. The quantitative estimate of drug-likeness (QED) is 0.543. The maximum absolute atomic E-state index is 5.19. The molecular weight excluding hydrogens is 186 g/mol. The van der Waals surface area contributed by atoms with Crippen LogP contribution >= 0.6 is 0 Å². The predicted molar refractivity (Wildman–Crippen MR) is 60.7 cm³/mol. The van der Waals surface area contributed by atoms with E-state index in [1.54, 1.807) is 0 Å². The number of nitrogens with zero attached hydrogens (tertiary/aromatic N) is 1. The second kappa shape index (κ2) is 4.96. The smallest absolute Gasteiger partial charge is 0.142 e. The molecule has 0 N–H and O–H groups in total. The third-order valence-corrected chi connectivity index (χ3v) is 2.72. The van der Waals surface area contributed by atoms with Gasteiger partial charge in [-0.25, -0.2) is 0 Å². The summed E-state index contributed by atoms with van der Waals surface area (Å²) in [4.78, 5) is 5.19. The van der Waals surface area contributed by atoms with Crippen molar-refractivity contribution in [2.45, 2.75) is 32.8 Å². The van der Waals surface area contributed by atoms with Gasteiger partial charge in [0, 0.05) is 5.92 Å². The van der Waals surface area contributed by atoms with E-state index in [0.29, 0.717) is 12.5 Å². The normalized spacial score (nSPS) is 16.6. The van der Waals surface area contributed by atoms with Crippen molar-refractivity contribution in [1.29, 1.82) is 0 Å². The zero-order chi connectivity index (χ0) is 10.5. The summed E-state index contributed by atoms with van der Waals surface area (Å²) in [6.45, 7) is 2.62. The highest BCUT2D eigenvalue weighted by Gasteiger charge is 2.15. The highest BCUT2D eigenvalue weighted by atomic mass is 16.6. The molecular formula is C13H16NO. The molecule has 0 heterocycles. The third kappa shape index (κ3) is 3.08. The second-order valence-electron chi connectivity index (χ2n) is 4.11. The minimum absolute atomic E-state index is 0.543. The summed E-state index contributed by atoms with van der Waals surface area (Å²) in [7, 11) is 0. The first kappa shape index (κ1) is 10.2. The lowest BCUT2D eigenvalue weighted by atomic mass is 9.87. The molecule has 2 heteroatoms. The fourth-order valence-electron chi connectivity index (χ4n) is 1.56. The average molecular weight is 202 g/mol. The van der Waals surface area contributed by atoms with E-state index in [9.17, 15) is 0 Å². The minimum Gasteiger partial charge on any atom is -0.391 e. The van der Waals surface area contributed by atoms with Crippen molar-refractivity contribution < 1.29 is 4.84 Å². The zero-order valence-corrected chi connectivity index (χ0v) is 9.07. The van der Waals surface area contributed by atoms with Crippen LogP contribution in [0.2, 0.25) is 0 Å². The van der Waals surface area contributed by atoms with E-state index in [1.807, 2.05) is 12.1 Å². The van der Waals surface area contributed by atoms with Gasteiger partial charge in [0.1, 0.15) is 12.8 Å². The van der Waals surface area contributed by atoms with Crippen molar-refractivity contribution in [3.8, 4) is 0 Å². The van der Waals surface area contributed by atoms with Crippen molar-refractivity contribution in [3.05, 3.63) is 35.4 Å². The molecule has 0 aromatic heterocycles. The molecule has 1 saturated carbocycles. The van der Waals surface area contributed by atoms with Crippen molar-refractivity contribution in [3.63, 3.8) is 0 Å². The van der Waals surface area contributed by atoms with Gasteiger partial charge in [-0.1, -0.05) is 41.4 Å². The summed E-state index contributed by atoms with van der Waals surface area (Å²) in [5.74, 6) is 0.544.